The van der Waals surface area contributed by atoms with Crippen molar-refractivity contribution in [2.24, 2.45) is 0 Å². The molecule has 0 radical (unpaired) electrons. The number of carbonyl (C=O) groups excluding carboxylic acids is 1. The minimum atomic E-state index is -0.315. The first-order valence-electron chi connectivity index (χ1n) is 10.7. The van der Waals surface area contributed by atoms with Gasteiger partial charge in [-0.1, -0.05) is 60.7 Å². The maximum Gasteiger partial charge on any atom is 0.242 e. The predicted octanol–water partition coefficient (Wildman–Crippen LogP) is 5.03. The Bertz CT molecular complexity index is 942. The Labute approximate surface area is 188 Å². The molecule has 1 fully saturated rings. The third-order valence-corrected chi connectivity index (χ3v) is 6.65. The number of nitrogens with zero attached hydrogens (tertiary/aromatic N) is 1. The van der Waals surface area contributed by atoms with Crippen molar-refractivity contribution in [3.8, 4) is 0 Å². The van der Waals surface area contributed by atoms with Crippen LogP contribution >= 0.6 is 11.8 Å². The smallest absolute Gasteiger partial charge is 0.242 e. The monoisotopic (exact) mass is 432 g/mol. The van der Waals surface area contributed by atoms with E-state index in [-0.39, 0.29) is 11.2 Å². The van der Waals surface area contributed by atoms with Crippen molar-refractivity contribution in [3.05, 3.63) is 96.1 Å². The minimum Gasteiger partial charge on any atom is -0.379 e. The van der Waals surface area contributed by atoms with Gasteiger partial charge in [0.15, 0.2) is 0 Å². The van der Waals surface area contributed by atoms with Crippen LogP contribution in [-0.4, -0.2) is 43.7 Å². The highest BCUT2D eigenvalue weighted by molar-refractivity contribution is 8.00. The van der Waals surface area contributed by atoms with Gasteiger partial charge in [-0.2, -0.15) is 0 Å². The molecule has 1 unspecified atom stereocenters. The van der Waals surface area contributed by atoms with E-state index in [4.69, 9.17) is 4.74 Å². The topological polar surface area (TPSA) is 41.6 Å². The lowest BCUT2D eigenvalue weighted by Crippen LogP contribution is -2.37. The van der Waals surface area contributed by atoms with Crippen molar-refractivity contribution < 1.29 is 9.53 Å². The SMILES string of the molecule is O=C(Nc1ccc(CCN2CCOCC2)cc1)C(Sc1ccccc1)c1ccccc1. The fourth-order valence-corrected chi connectivity index (χ4v) is 4.66. The lowest BCUT2D eigenvalue weighted by atomic mass is 10.1. The van der Waals surface area contributed by atoms with E-state index >= 15 is 0 Å². The van der Waals surface area contributed by atoms with E-state index < -0.39 is 0 Å². The molecule has 0 saturated carbocycles. The first kappa shape index (κ1) is 21.6. The maximum atomic E-state index is 13.2. The highest BCUT2D eigenvalue weighted by atomic mass is 32.2. The summed E-state index contributed by atoms with van der Waals surface area (Å²) < 4.78 is 5.41. The van der Waals surface area contributed by atoms with Crippen LogP contribution in [0.15, 0.2) is 89.8 Å². The third-order valence-electron chi connectivity index (χ3n) is 5.38. The lowest BCUT2D eigenvalue weighted by Gasteiger charge is -2.26. The average molecular weight is 433 g/mol. The van der Waals surface area contributed by atoms with Gasteiger partial charge in [-0.05, 0) is 41.8 Å². The molecule has 0 spiro atoms. The standard InChI is InChI=1S/C26H28N2O2S/c29-26(25(22-7-3-1-4-8-22)31-24-9-5-2-6-10-24)27-23-13-11-21(12-14-23)15-16-28-17-19-30-20-18-28/h1-14,25H,15-20H2,(H,27,29). The number of rotatable bonds is 8. The number of carbonyl (C=O) groups is 1. The van der Waals surface area contributed by atoms with E-state index in [9.17, 15) is 4.79 Å². The van der Waals surface area contributed by atoms with E-state index in [1.54, 1.807) is 11.8 Å². The van der Waals surface area contributed by atoms with E-state index in [1.165, 1.54) is 5.56 Å². The van der Waals surface area contributed by atoms with Gasteiger partial charge in [0, 0.05) is 30.2 Å². The molecule has 0 bridgehead atoms. The second kappa shape index (κ2) is 11.1. The zero-order chi connectivity index (χ0) is 21.3. The van der Waals surface area contributed by atoms with Crippen LogP contribution in [0.25, 0.3) is 0 Å². The Morgan fingerprint density at radius 1 is 0.903 bits per heavy atom. The fraction of sp³-hybridized carbons (Fsp3) is 0.269. The van der Waals surface area contributed by atoms with Gasteiger partial charge in [0.05, 0.1) is 13.2 Å². The Morgan fingerprint density at radius 2 is 1.55 bits per heavy atom. The molecule has 160 valence electrons. The normalized spacial score (nSPS) is 15.4. The summed E-state index contributed by atoms with van der Waals surface area (Å²) >= 11 is 1.57. The highest BCUT2D eigenvalue weighted by Gasteiger charge is 2.22. The number of hydrogen-bond acceptors (Lipinski definition) is 4. The van der Waals surface area contributed by atoms with E-state index in [2.05, 4.69) is 22.3 Å². The molecule has 3 aromatic carbocycles. The molecule has 31 heavy (non-hydrogen) atoms. The number of ether oxygens (including phenoxy) is 1. The first-order valence-corrected chi connectivity index (χ1v) is 11.6. The van der Waals surface area contributed by atoms with Crippen molar-refractivity contribution in [1.29, 1.82) is 0 Å². The Hall–Kier alpha value is -2.60. The molecule has 4 rings (SSSR count). The average Bonchev–Trinajstić information content (AvgIpc) is 2.84. The number of hydrogen-bond donors (Lipinski definition) is 1. The van der Waals surface area contributed by atoms with Crippen LogP contribution in [0.3, 0.4) is 0 Å². The summed E-state index contributed by atoms with van der Waals surface area (Å²) in [5.41, 5.74) is 3.11. The molecular weight excluding hydrogens is 404 g/mol. The second-order valence-electron chi connectivity index (χ2n) is 7.61. The summed E-state index contributed by atoms with van der Waals surface area (Å²) in [6.07, 6.45) is 1.00. The number of amides is 1. The van der Waals surface area contributed by atoms with Gasteiger partial charge in [0.1, 0.15) is 5.25 Å². The van der Waals surface area contributed by atoms with Crippen molar-refractivity contribution in [1.82, 2.24) is 4.90 Å². The molecule has 0 aromatic heterocycles. The van der Waals surface area contributed by atoms with Crippen LogP contribution < -0.4 is 5.32 Å². The summed E-state index contributed by atoms with van der Waals surface area (Å²) in [5.74, 6) is -0.0129. The molecule has 1 heterocycles. The first-order chi connectivity index (χ1) is 15.3. The molecule has 1 amide bonds. The third kappa shape index (κ3) is 6.44. The number of nitrogens with one attached hydrogen (secondary N) is 1. The van der Waals surface area contributed by atoms with Crippen molar-refractivity contribution in [3.63, 3.8) is 0 Å². The molecule has 1 saturated heterocycles. The Morgan fingerprint density at radius 3 is 2.23 bits per heavy atom. The Balaban J connectivity index is 1.39. The van der Waals surface area contributed by atoms with Gasteiger partial charge in [-0.25, -0.2) is 0 Å². The maximum absolute atomic E-state index is 13.2. The van der Waals surface area contributed by atoms with Gasteiger partial charge in [0.25, 0.3) is 0 Å². The summed E-state index contributed by atoms with van der Waals surface area (Å²) in [4.78, 5) is 16.7. The molecule has 3 aromatic rings. The van der Waals surface area contributed by atoms with Crippen LogP contribution in [0.2, 0.25) is 0 Å². The number of thioether (sulfide) groups is 1. The number of anilines is 1. The molecule has 1 N–H and O–H groups in total. The van der Waals surface area contributed by atoms with Gasteiger partial charge in [-0.3, -0.25) is 9.69 Å². The summed E-state index contributed by atoms with van der Waals surface area (Å²) in [5, 5.41) is 2.79. The Kier molecular flexibility index (Phi) is 7.77. The molecule has 1 aliphatic heterocycles. The molecule has 4 nitrogen and oxygen atoms in total. The summed E-state index contributed by atoms with van der Waals surface area (Å²) in [6.45, 7) is 4.71. The number of benzene rings is 3. The molecule has 5 heteroatoms. The molecular formula is C26H28N2O2S. The molecule has 1 atom stereocenters. The fourth-order valence-electron chi connectivity index (χ4n) is 3.61. The van der Waals surface area contributed by atoms with E-state index in [1.807, 2.05) is 72.8 Å². The minimum absolute atomic E-state index is 0.0129. The second-order valence-corrected chi connectivity index (χ2v) is 8.79. The van der Waals surface area contributed by atoms with Gasteiger partial charge < -0.3 is 10.1 Å². The van der Waals surface area contributed by atoms with Gasteiger partial charge in [-0.15, -0.1) is 11.8 Å². The van der Waals surface area contributed by atoms with E-state index in [0.29, 0.717) is 0 Å². The van der Waals surface area contributed by atoms with Gasteiger partial charge >= 0.3 is 0 Å². The largest absolute Gasteiger partial charge is 0.379 e. The van der Waals surface area contributed by atoms with Crippen molar-refractivity contribution in [2.75, 3.05) is 38.2 Å². The van der Waals surface area contributed by atoms with Crippen molar-refractivity contribution in [2.45, 2.75) is 16.6 Å². The molecule has 0 aliphatic carbocycles. The lowest BCUT2D eigenvalue weighted by molar-refractivity contribution is -0.115. The zero-order valence-electron chi connectivity index (χ0n) is 17.6. The van der Waals surface area contributed by atoms with Gasteiger partial charge in [0.2, 0.25) is 5.91 Å². The van der Waals surface area contributed by atoms with Crippen LogP contribution in [0.4, 0.5) is 5.69 Å². The summed E-state index contributed by atoms with van der Waals surface area (Å²) in [7, 11) is 0. The van der Waals surface area contributed by atoms with Crippen LogP contribution in [-0.2, 0) is 16.0 Å². The van der Waals surface area contributed by atoms with Crippen molar-refractivity contribution >= 4 is 23.4 Å². The van der Waals surface area contributed by atoms with Crippen LogP contribution in [0.1, 0.15) is 16.4 Å². The highest BCUT2D eigenvalue weighted by Crippen LogP contribution is 2.36. The zero-order valence-corrected chi connectivity index (χ0v) is 18.4. The van der Waals surface area contributed by atoms with E-state index in [0.717, 1.165) is 55.4 Å². The summed E-state index contributed by atoms with van der Waals surface area (Å²) in [6, 6.07) is 28.2. The number of morpholine rings is 1. The predicted molar refractivity (Wildman–Crippen MR) is 128 cm³/mol. The molecule has 1 aliphatic rings. The van der Waals surface area contributed by atoms with Crippen LogP contribution in [0.5, 0.6) is 0 Å². The quantitative estimate of drug-likeness (QED) is 0.507. The van der Waals surface area contributed by atoms with Crippen LogP contribution in [0, 0.1) is 0 Å².